The molecule has 1 unspecified atom stereocenters. The molecule has 21 heavy (non-hydrogen) atoms. The van der Waals surface area contributed by atoms with E-state index in [2.05, 4.69) is 21.2 Å². The number of hydrogen-bond acceptors (Lipinski definition) is 4. The van der Waals surface area contributed by atoms with E-state index < -0.39 is 0 Å². The second-order valence-electron chi connectivity index (χ2n) is 4.56. The summed E-state index contributed by atoms with van der Waals surface area (Å²) < 4.78 is 11.6. The van der Waals surface area contributed by atoms with Gasteiger partial charge in [-0.3, -0.25) is 0 Å². The van der Waals surface area contributed by atoms with E-state index in [1.165, 1.54) is 0 Å². The van der Waals surface area contributed by atoms with Gasteiger partial charge >= 0.3 is 0 Å². The van der Waals surface area contributed by atoms with Gasteiger partial charge in [-0.1, -0.05) is 12.1 Å². The van der Waals surface area contributed by atoms with Crippen molar-refractivity contribution in [1.29, 1.82) is 0 Å². The topological polar surface area (TPSA) is 56.5 Å². The average Bonchev–Trinajstić information content (AvgIpc) is 2.53. The largest absolute Gasteiger partial charge is 0.497 e. The van der Waals surface area contributed by atoms with E-state index in [9.17, 15) is 0 Å². The summed E-state index contributed by atoms with van der Waals surface area (Å²) >= 11 is 3.53. The van der Waals surface area contributed by atoms with Crippen molar-refractivity contribution >= 4 is 21.6 Å². The Labute approximate surface area is 133 Å². The molecule has 0 aliphatic rings. The standard InChI is InChI=1S/C16H19BrN2O2/c1-20-12-7-11(8-13(9-12)21-2)16(10-18)19-15-6-4-3-5-14(15)17/h3-9,16,19H,10,18H2,1-2H3. The molecule has 0 spiro atoms. The molecule has 0 radical (unpaired) electrons. The number of hydrogen-bond donors (Lipinski definition) is 2. The molecule has 5 heteroatoms. The molecule has 112 valence electrons. The Balaban J connectivity index is 2.31. The molecule has 2 aromatic carbocycles. The van der Waals surface area contributed by atoms with Gasteiger partial charge in [0.05, 0.1) is 20.3 Å². The van der Waals surface area contributed by atoms with Gasteiger partial charge in [-0.05, 0) is 45.8 Å². The summed E-state index contributed by atoms with van der Waals surface area (Å²) in [6.07, 6.45) is 0. The van der Waals surface area contributed by atoms with Crippen molar-refractivity contribution in [3.8, 4) is 11.5 Å². The van der Waals surface area contributed by atoms with E-state index in [0.29, 0.717) is 6.54 Å². The van der Waals surface area contributed by atoms with Crippen LogP contribution in [0.2, 0.25) is 0 Å². The van der Waals surface area contributed by atoms with Gasteiger partial charge in [0.2, 0.25) is 0 Å². The van der Waals surface area contributed by atoms with Crippen molar-refractivity contribution in [3.63, 3.8) is 0 Å². The molecular formula is C16H19BrN2O2. The highest BCUT2D eigenvalue weighted by molar-refractivity contribution is 9.10. The first-order valence-corrected chi connectivity index (χ1v) is 7.41. The van der Waals surface area contributed by atoms with Crippen LogP contribution in [0.5, 0.6) is 11.5 Å². The van der Waals surface area contributed by atoms with Crippen molar-refractivity contribution in [2.24, 2.45) is 5.73 Å². The summed E-state index contributed by atoms with van der Waals surface area (Å²) in [5.74, 6) is 1.49. The van der Waals surface area contributed by atoms with Crippen LogP contribution >= 0.6 is 15.9 Å². The summed E-state index contributed by atoms with van der Waals surface area (Å²) in [7, 11) is 3.27. The highest BCUT2D eigenvalue weighted by atomic mass is 79.9. The Morgan fingerprint density at radius 1 is 1.10 bits per heavy atom. The molecule has 0 saturated carbocycles. The highest BCUT2D eigenvalue weighted by Crippen LogP contribution is 2.30. The lowest BCUT2D eigenvalue weighted by molar-refractivity contribution is 0.393. The minimum Gasteiger partial charge on any atom is -0.497 e. The van der Waals surface area contributed by atoms with Gasteiger partial charge in [-0.2, -0.15) is 0 Å². The molecule has 0 bridgehead atoms. The predicted molar refractivity (Wildman–Crippen MR) is 89.1 cm³/mol. The van der Waals surface area contributed by atoms with Crippen LogP contribution < -0.4 is 20.5 Å². The fraction of sp³-hybridized carbons (Fsp3) is 0.250. The fourth-order valence-electron chi connectivity index (χ4n) is 2.07. The van der Waals surface area contributed by atoms with Gasteiger partial charge in [-0.15, -0.1) is 0 Å². The summed E-state index contributed by atoms with van der Waals surface area (Å²) in [6, 6.07) is 13.7. The normalized spacial score (nSPS) is 11.8. The van der Waals surface area contributed by atoms with Crippen LogP contribution in [0.15, 0.2) is 46.9 Å². The van der Waals surface area contributed by atoms with Crippen molar-refractivity contribution < 1.29 is 9.47 Å². The number of nitrogens with two attached hydrogens (primary N) is 1. The summed E-state index contributed by atoms with van der Waals surface area (Å²) in [4.78, 5) is 0. The SMILES string of the molecule is COc1cc(OC)cc(C(CN)Nc2ccccc2Br)c1. The van der Waals surface area contributed by atoms with Gasteiger partial charge in [0, 0.05) is 22.8 Å². The molecule has 1 atom stereocenters. The maximum atomic E-state index is 5.93. The monoisotopic (exact) mass is 350 g/mol. The Morgan fingerprint density at radius 2 is 1.71 bits per heavy atom. The Hall–Kier alpha value is -1.72. The molecule has 0 aromatic heterocycles. The summed E-state index contributed by atoms with van der Waals surface area (Å²) in [5.41, 5.74) is 7.94. The zero-order chi connectivity index (χ0) is 15.2. The van der Waals surface area contributed by atoms with Crippen LogP contribution in [0, 0.1) is 0 Å². The average molecular weight is 351 g/mol. The maximum absolute atomic E-state index is 5.93. The van der Waals surface area contributed by atoms with E-state index in [1.807, 2.05) is 42.5 Å². The van der Waals surface area contributed by atoms with E-state index in [0.717, 1.165) is 27.2 Å². The van der Waals surface area contributed by atoms with Gasteiger partial charge in [0.1, 0.15) is 11.5 Å². The second-order valence-corrected chi connectivity index (χ2v) is 5.41. The van der Waals surface area contributed by atoms with Crippen molar-refractivity contribution in [3.05, 3.63) is 52.5 Å². The fourth-order valence-corrected chi connectivity index (χ4v) is 2.47. The molecule has 0 aliphatic heterocycles. The third kappa shape index (κ3) is 3.89. The van der Waals surface area contributed by atoms with Gasteiger partial charge in [0.25, 0.3) is 0 Å². The predicted octanol–water partition coefficient (Wildman–Crippen LogP) is 3.58. The van der Waals surface area contributed by atoms with Crippen molar-refractivity contribution in [2.45, 2.75) is 6.04 Å². The first-order valence-electron chi connectivity index (χ1n) is 6.62. The van der Waals surface area contributed by atoms with Crippen LogP contribution in [0.4, 0.5) is 5.69 Å². The number of methoxy groups -OCH3 is 2. The van der Waals surface area contributed by atoms with Crippen LogP contribution in [0.3, 0.4) is 0 Å². The smallest absolute Gasteiger partial charge is 0.122 e. The quantitative estimate of drug-likeness (QED) is 0.835. The second kappa shape index (κ2) is 7.33. The molecule has 0 aliphatic carbocycles. The van der Waals surface area contributed by atoms with E-state index in [1.54, 1.807) is 14.2 Å². The minimum atomic E-state index is -0.0345. The molecular weight excluding hydrogens is 332 g/mol. The molecule has 3 N–H and O–H groups in total. The molecule has 2 aromatic rings. The highest BCUT2D eigenvalue weighted by Gasteiger charge is 2.13. The van der Waals surface area contributed by atoms with Crippen molar-refractivity contribution in [2.75, 3.05) is 26.1 Å². The summed E-state index contributed by atoms with van der Waals surface area (Å²) in [5, 5.41) is 3.43. The molecule has 0 amide bonds. The number of nitrogens with one attached hydrogen (secondary N) is 1. The van der Waals surface area contributed by atoms with Gasteiger partial charge < -0.3 is 20.5 Å². The first-order chi connectivity index (χ1) is 10.2. The number of anilines is 1. The van der Waals surface area contributed by atoms with Crippen LogP contribution in [-0.4, -0.2) is 20.8 Å². The van der Waals surface area contributed by atoms with E-state index >= 15 is 0 Å². The number of halogens is 1. The first kappa shape index (κ1) is 15.7. The molecule has 2 rings (SSSR count). The Kier molecular flexibility index (Phi) is 5.47. The Morgan fingerprint density at radius 3 is 2.24 bits per heavy atom. The number of ether oxygens (including phenoxy) is 2. The van der Waals surface area contributed by atoms with Gasteiger partial charge in [0.15, 0.2) is 0 Å². The van der Waals surface area contributed by atoms with Crippen LogP contribution in [-0.2, 0) is 0 Å². The lowest BCUT2D eigenvalue weighted by Gasteiger charge is -2.21. The lowest BCUT2D eigenvalue weighted by Crippen LogP contribution is -2.21. The van der Waals surface area contributed by atoms with E-state index in [-0.39, 0.29) is 6.04 Å². The number of benzene rings is 2. The number of para-hydroxylation sites is 1. The van der Waals surface area contributed by atoms with Crippen LogP contribution in [0.25, 0.3) is 0 Å². The van der Waals surface area contributed by atoms with Crippen molar-refractivity contribution in [1.82, 2.24) is 0 Å². The molecule has 4 nitrogen and oxygen atoms in total. The third-order valence-electron chi connectivity index (χ3n) is 3.22. The Bertz CT molecular complexity index is 582. The zero-order valence-electron chi connectivity index (χ0n) is 12.1. The third-order valence-corrected chi connectivity index (χ3v) is 3.91. The van der Waals surface area contributed by atoms with Gasteiger partial charge in [-0.25, -0.2) is 0 Å². The lowest BCUT2D eigenvalue weighted by atomic mass is 10.1. The molecule has 0 fully saturated rings. The number of rotatable bonds is 6. The molecule has 0 saturated heterocycles. The minimum absolute atomic E-state index is 0.0345. The summed E-state index contributed by atoms with van der Waals surface area (Å²) in [6.45, 7) is 0.456. The maximum Gasteiger partial charge on any atom is 0.122 e. The zero-order valence-corrected chi connectivity index (χ0v) is 13.7. The molecule has 0 heterocycles. The van der Waals surface area contributed by atoms with E-state index in [4.69, 9.17) is 15.2 Å². The van der Waals surface area contributed by atoms with Crippen LogP contribution in [0.1, 0.15) is 11.6 Å².